The Morgan fingerprint density at radius 1 is 0.929 bits per heavy atom. The van der Waals surface area contributed by atoms with Crippen LogP contribution in [-0.4, -0.2) is 57.4 Å². The normalized spacial score (nSPS) is 15.4. The lowest BCUT2D eigenvalue weighted by atomic mass is 10.1. The molecule has 0 atom stereocenters. The van der Waals surface area contributed by atoms with E-state index in [1.165, 1.54) is 0 Å². The van der Waals surface area contributed by atoms with Gasteiger partial charge < -0.3 is 4.90 Å². The molecule has 4 aromatic rings. The molecule has 6 heteroatoms. The van der Waals surface area contributed by atoms with Gasteiger partial charge in [0, 0.05) is 43.7 Å². The molecule has 1 fully saturated rings. The summed E-state index contributed by atoms with van der Waals surface area (Å²) in [5, 5.41) is 9.97. The van der Waals surface area contributed by atoms with Crippen molar-refractivity contribution in [3.05, 3.63) is 67.3 Å². The first kappa shape index (κ1) is 16.9. The second kappa shape index (κ2) is 7.05. The number of fused-ring (bicyclic) bond motifs is 3. The lowest BCUT2D eigenvalue weighted by Gasteiger charge is -2.35. The largest absolute Gasteiger partial charge is 0.353 e. The number of para-hydroxylation sites is 1. The average molecular weight is 370 g/mol. The van der Waals surface area contributed by atoms with Crippen molar-refractivity contribution in [2.45, 2.75) is 0 Å². The molecule has 0 radical (unpaired) electrons. The van der Waals surface area contributed by atoms with E-state index in [2.05, 4.69) is 57.0 Å². The minimum absolute atomic E-state index is 0.799. The van der Waals surface area contributed by atoms with Crippen LogP contribution < -0.4 is 4.90 Å². The number of anilines is 1. The first-order chi connectivity index (χ1) is 13.8. The van der Waals surface area contributed by atoms with E-state index in [1.54, 1.807) is 0 Å². The molecule has 0 amide bonds. The quantitative estimate of drug-likeness (QED) is 0.516. The van der Waals surface area contributed by atoms with Crippen LogP contribution in [0.2, 0.25) is 0 Å². The fourth-order valence-electron chi connectivity index (χ4n) is 3.90. The van der Waals surface area contributed by atoms with Gasteiger partial charge >= 0.3 is 0 Å². The third-order valence-electron chi connectivity index (χ3n) is 5.34. The molecule has 0 spiro atoms. The average Bonchev–Trinajstić information content (AvgIpc) is 3.19. The number of benzene rings is 2. The topological polar surface area (TPSA) is 49.6 Å². The predicted octanol–water partition coefficient (Wildman–Crippen LogP) is 3.25. The summed E-state index contributed by atoms with van der Waals surface area (Å²) in [5.74, 6) is 1.01. The van der Waals surface area contributed by atoms with E-state index >= 15 is 0 Å². The summed E-state index contributed by atoms with van der Waals surface area (Å²) in [6.07, 6.45) is 1.97. The first-order valence-corrected chi connectivity index (χ1v) is 9.63. The molecular weight excluding hydrogens is 348 g/mol. The number of aromatic nitrogens is 4. The summed E-state index contributed by atoms with van der Waals surface area (Å²) in [6, 6.07) is 18.4. The lowest BCUT2D eigenvalue weighted by Crippen LogP contribution is -2.46. The van der Waals surface area contributed by atoms with Crippen molar-refractivity contribution in [1.29, 1.82) is 0 Å². The van der Waals surface area contributed by atoms with Gasteiger partial charge in [0.15, 0.2) is 5.65 Å². The maximum Gasteiger partial charge on any atom is 0.186 e. The second-order valence-electron chi connectivity index (χ2n) is 7.07. The summed E-state index contributed by atoms with van der Waals surface area (Å²) < 4.78 is 1.86. The number of nitrogens with zero attached hydrogens (tertiary/aromatic N) is 6. The zero-order valence-corrected chi connectivity index (χ0v) is 15.7. The van der Waals surface area contributed by atoms with Crippen LogP contribution in [0.3, 0.4) is 0 Å². The highest BCUT2D eigenvalue weighted by atomic mass is 15.4. The molecular formula is C22H22N6. The Balaban J connectivity index is 1.64. The molecule has 0 unspecified atom stereocenters. The molecule has 3 heterocycles. The van der Waals surface area contributed by atoms with E-state index < -0.39 is 0 Å². The molecule has 5 rings (SSSR count). The Hall–Kier alpha value is -3.25. The van der Waals surface area contributed by atoms with E-state index in [9.17, 15) is 0 Å². The van der Waals surface area contributed by atoms with Crippen molar-refractivity contribution in [3.63, 3.8) is 0 Å². The van der Waals surface area contributed by atoms with Gasteiger partial charge in [-0.05, 0) is 12.1 Å². The van der Waals surface area contributed by atoms with Crippen molar-refractivity contribution in [2.75, 3.05) is 37.6 Å². The molecule has 1 aliphatic rings. The van der Waals surface area contributed by atoms with Crippen LogP contribution in [0.25, 0.3) is 27.8 Å². The number of hydrogen-bond donors (Lipinski definition) is 0. The highest BCUT2D eigenvalue weighted by molar-refractivity contribution is 5.93. The maximum atomic E-state index is 5.06. The van der Waals surface area contributed by atoms with E-state index in [-0.39, 0.29) is 0 Å². The molecule has 140 valence electrons. The monoisotopic (exact) mass is 370 g/mol. The Labute approximate surface area is 163 Å². The van der Waals surface area contributed by atoms with Gasteiger partial charge in [-0.25, -0.2) is 4.98 Å². The van der Waals surface area contributed by atoms with Crippen molar-refractivity contribution >= 4 is 22.4 Å². The molecule has 0 N–H and O–H groups in total. The molecule has 1 aliphatic heterocycles. The van der Waals surface area contributed by atoms with Gasteiger partial charge in [-0.3, -0.25) is 4.90 Å². The predicted molar refractivity (Wildman–Crippen MR) is 113 cm³/mol. The standard InChI is InChI=1S/C22H22N6/c1-2-12-26-13-15-27(16-14-26)21-18-10-6-7-11-19(18)28-22(23-21)20(24-25-28)17-8-4-3-5-9-17/h2-11H,1,12-16H2. The van der Waals surface area contributed by atoms with Crippen molar-refractivity contribution in [3.8, 4) is 11.3 Å². The van der Waals surface area contributed by atoms with Crippen LogP contribution in [0, 0.1) is 0 Å². The Bertz CT molecular complexity index is 1130. The van der Waals surface area contributed by atoms with Crippen LogP contribution in [0.4, 0.5) is 5.82 Å². The van der Waals surface area contributed by atoms with Crippen molar-refractivity contribution in [2.24, 2.45) is 0 Å². The van der Waals surface area contributed by atoms with Gasteiger partial charge in [-0.15, -0.1) is 11.7 Å². The molecule has 0 saturated carbocycles. The Kier molecular flexibility index (Phi) is 4.25. The van der Waals surface area contributed by atoms with Crippen LogP contribution >= 0.6 is 0 Å². The molecule has 0 bridgehead atoms. The van der Waals surface area contributed by atoms with Gasteiger partial charge in [0.2, 0.25) is 0 Å². The third-order valence-corrected chi connectivity index (χ3v) is 5.34. The second-order valence-corrected chi connectivity index (χ2v) is 7.07. The third kappa shape index (κ3) is 2.82. The number of piperazine rings is 1. The van der Waals surface area contributed by atoms with Crippen LogP contribution in [0.1, 0.15) is 0 Å². The molecule has 2 aromatic carbocycles. The molecule has 2 aromatic heterocycles. The fourth-order valence-corrected chi connectivity index (χ4v) is 3.90. The summed E-state index contributed by atoms with van der Waals surface area (Å²) in [4.78, 5) is 9.85. The van der Waals surface area contributed by atoms with Crippen LogP contribution in [-0.2, 0) is 0 Å². The molecule has 6 nitrogen and oxygen atoms in total. The number of hydrogen-bond acceptors (Lipinski definition) is 5. The summed E-state index contributed by atoms with van der Waals surface area (Å²) in [5.41, 5.74) is 3.68. The minimum atomic E-state index is 0.799. The fraction of sp³-hybridized carbons (Fsp3) is 0.227. The molecule has 1 saturated heterocycles. The van der Waals surface area contributed by atoms with Crippen LogP contribution in [0.5, 0.6) is 0 Å². The number of rotatable bonds is 4. The zero-order valence-electron chi connectivity index (χ0n) is 15.7. The van der Waals surface area contributed by atoms with Gasteiger partial charge in [-0.1, -0.05) is 53.8 Å². The van der Waals surface area contributed by atoms with E-state index in [0.717, 1.165) is 66.3 Å². The summed E-state index contributed by atoms with van der Waals surface area (Å²) >= 11 is 0. The zero-order chi connectivity index (χ0) is 18.9. The Morgan fingerprint density at radius 2 is 1.68 bits per heavy atom. The van der Waals surface area contributed by atoms with Crippen molar-refractivity contribution in [1.82, 2.24) is 24.7 Å². The van der Waals surface area contributed by atoms with E-state index in [1.807, 2.05) is 34.9 Å². The highest BCUT2D eigenvalue weighted by Crippen LogP contribution is 2.30. The first-order valence-electron chi connectivity index (χ1n) is 9.63. The molecule has 28 heavy (non-hydrogen) atoms. The SMILES string of the molecule is C=CCN1CCN(c2nc3c(-c4ccccc4)nnn3c3ccccc23)CC1. The smallest absolute Gasteiger partial charge is 0.186 e. The molecule has 0 aliphatic carbocycles. The van der Waals surface area contributed by atoms with E-state index in [0.29, 0.717) is 0 Å². The lowest BCUT2D eigenvalue weighted by molar-refractivity contribution is 0.284. The minimum Gasteiger partial charge on any atom is -0.353 e. The van der Waals surface area contributed by atoms with Gasteiger partial charge in [-0.2, -0.15) is 4.52 Å². The summed E-state index contributed by atoms with van der Waals surface area (Å²) in [7, 11) is 0. The van der Waals surface area contributed by atoms with Gasteiger partial charge in [0.1, 0.15) is 11.5 Å². The van der Waals surface area contributed by atoms with Gasteiger partial charge in [0.05, 0.1) is 5.52 Å². The van der Waals surface area contributed by atoms with E-state index in [4.69, 9.17) is 4.98 Å². The highest BCUT2D eigenvalue weighted by Gasteiger charge is 2.22. The Morgan fingerprint density at radius 3 is 2.46 bits per heavy atom. The van der Waals surface area contributed by atoms with Crippen LogP contribution in [0.15, 0.2) is 67.3 Å². The summed E-state index contributed by atoms with van der Waals surface area (Å²) in [6.45, 7) is 8.71. The maximum absolute atomic E-state index is 5.06. The van der Waals surface area contributed by atoms with Crippen molar-refractivity contribution < 1.29 is 0 Å². The van der Waals surface area contributed by atoms with Gasteiger partial charge in [0.25, 0.3) is 0 Å².